The summed E-state index contributed by atoms with van der Waals surface area (Å²) in [5.74, 6) is -2.39. The molecule has 0 unspecified atom stereocenters. The summed E-state index contributed by atoms with van der Waals surface area (Å²) in [5, 5.41) is 4.57. The third kappa shape index (κ3) is 3.75. The van der Waals surface area contributed by atoms with E-state index in [1.165, 1.54) is 36.1 Å². The van der Waals surface area contributed by atoms with Crippen molar-refractivity contribution in [2.75, 3.05) is 7.11 Å². The van der Waals surface area contributed by atoms with Crippen LogP contribution < -0.4 is 0 Å². The predicted molar refractivity (Wildman–Crippen MR) is 130 cm³/mol. The fraction of sp³-hybridized carbons (Fsp3) is 0.0769. The zero-order valence-corrected chi connectivity index (χ0v) is 20.0. The van der Waals surface area contributed by atoms with Crippen LogP contribution >= 0.6 is 0 Å². The van der Waals surface area contributed by atoms with Gasteiger partial charge in [-0.2, -0.15) is 5.10 Å². The molecule has 182 valence electrons. The van der Waals surface area contributed by atoms with E-state index in [-0.39, 0.29) is 21.8 Å². The van der Waals surface area contributed by atoms with Gasteiger partial charge >= 0.3 is 5.97 Å². The number of halogens is 2. The van der Waals surface area contributed by atoms with Crippen molar-refractivity contribution >= 4 is 26.9 Å². The fourth-order valence-corrected chi connectivity index (χ4v) is 5.70. The quantitative estimate of drug-likeness (QED) is 0.312. The molecule has 0 bridgehead atoms. The third-order valence-corrected chi connectivity index (χ3v) is 7.57. The summed E-state index contributed by atoms with van der Waals surface area (Å²) in [6, 6.07) is 18.9. The number of ether oxygens (including phenoxy) is 1. The second-order valence-corrected chi connectivity index (χ2v) is 9.80. The molecule has 3 aromatic carbocycles. The molecule has 0 spiro atoms. The molecule has 5 aromatic rings. The van der Waals surface area contributed by atoms with E-state index in [9.17, 15) is 22.0 Å². The van der Waals surface area contributed by atoms with Crippen LogP contribution in [0.5, 0.6) is 0 Å². The molecule has 5 rings (SSSR count). The highest BCUT2D eigenvalue weighted by Crippen LogP contribution is 2.36. The number of carbonyl (C=O) groups is 1. The Hall–Kier alpha value is -4.31. The van der Waals surface area contributed by atoms with Gasteiger partial charge in [0.2, 0.25) is 0 Å². The van der Waals surface area contributed by atoms with Crippen LogP contribution in [-0.4, -0.2) is 35.2 Å². The van der Waals surface area contributed by atoms with Crippen molar-refractivity contribution in [1.29, 1.82) is 0 Å². The Balaban J connectivity index is 1.79. The molecule has 10 heteroatoms. The van der Waals surface area contributed by atoms with Crippen LogP contribution in [0.4, 0.5) is 8.78 Å². The number of esters is 1. The van der Waals surface area contributed by atoms with Crippen LogP contribution in [0.15, 0.2) is 83.8 Å². The molecule has 0 fully saturated rings. The van der Waals surface area contributed by atoms with Gasteiger partial charge in [0.15, 0.2) is 5.69 Å². The summed E-state index contributed by atoms with van der Waals surface area (Å²) in [4.78, 5) is 11.9. The van der Waals surface area contributed by atoms with E-state index in [2.05, 4.69) is 5.10 Å². The molecule has 7 nitrogen and oxygen atoms in total. The van der Waals surface area contributed by atoms with E-state index in [4.69, 9.17) is 4.74 Å². The minimum Gasteiger partial charge on any atom is -0.464 e. The molecule has 0 atom stereocenters. The Morgan fingerprint density at radius 1 is 0.889 bits per heavy atom. The van der Waals surface area contributed by atoms with Crippen molar-refractivity contribution in [3.05, 3.63) is 96.2 Å². The van der Waals surface area contributed by atoms with Crippen LogP contribution in [0.2, 0.25) is 0 Å². The van der Waals surface area contributed by atoms with Crippen molar-refractivity contribution in [2.45, 2.75) is 4.90 Å². The zero-order chi connectivity index (χ0) is 25.6. The maximum Gasteiger partial charge on any atom is 0.358 e. The second kappa shape index (κ2) is 8.72. The van der Waals surface area contributed by atoms with E-state index in [0.29, 0.717) is 16.6 Å². The number of aryl methyl sites for hydroxylation is 1. The van der Waals surface area contributed by atoms with Gasteiger partial charge in [-0.1, -0.05) is 30.3 Å². The van der Waals surface area contributed by atoms with E-state index < -0.39 is 33.2 Å². The van der Waals surface area contributed by atoms with Crippen LogP contribution in [0.25, 0.3) is 33.4 Å². The number of aromatic nitrogens is 3. The van der Waals surface area contributed by atoms with Gasteiger partial charge in [0.05, 0.1) is 34.5 Å². The SMILES string of the molecule is COC(=O)c1cc(-c2ccc3c(c2)cc(-c2c(F)cccc2F)n3S(=O)(=O)c2ccccc2)n(C)n1. The molecule has 0 aliphatic heterocycles. The molecule has 0 saturated heterocycles. The standard InChI is InChI=1S/C26H19F2N3O4S/c1-30-23(15-21(29-30)26(32)35-2)16-11-12-22-17(13-16)14-24(25-19(27)9-6-10-20(25)28)31(22)36(33,34)18-7-4-3-5-8-18/h3-15H,1-2H3. The number of hydrogen-bond acceptors (Lipinski definition) is 5. The molecule has 0 radical (unpaired) electrons. The highest BCUT2D eigenvalue weighted by Gasteiger charge is 2.27. The maximum absolute atomic E-state index is 14.8. The van der Waals surface area contributed by atoms with Gasteiger partial charge in [0, 0.05) is 18.0 Å². The topological polar surface area (TPSA) is 83.2 Å². The maximum atomic E-state index is 14.8. The molecule has 0 amide bonds. The van der Waals surface area contributed by atoms with E-state index in [1.807, 2.05) is 0 Å². The molecule has 0 saturated carbocycles. The largest absolute Gasteiger partial charge is 0.464 e. The van der Waals surface area contributed by atoms with Gasteiger partial charge in [-0.15, -0.1) is 0 Å². The minimum absolute atomic E-state index is 0.0288. The summed E-state index contributed by atoms with van der Waals surface area (Å²) in [5.41, 5.74) is 0.909. The normalized spacial score (nSPS) is 11.7. The average molecular weight is 508 g/mol. The smallest absolute Gasteiger partial charge is 0.358 e. The van der Waals surface area contributed by atoms with Gasteiger partial charge in [-0.3, -0.25) is 4.68 Å². The monoisotopic (exact) mass is 507 g/mol. The lowest BCUT2D eigenvalue weighted by Gasteiger charge is -2.13. The first-order chi connectivity index (χ1) is 17.2. The molecular formula is C26H19F2N3O4S. The second-order valence-electron chi connectivity index (χ2n) is 8.01. The highest BCUT2D eigenvalue weighted by atomic mass is 32.2. The molecular weight excluding hydrogens is 488 g/mol. The van der Waals surface area contributed by atoms with Crippen molar-refractivity contribution in [3.63, 3.8) is 0 Å². The molecule has 0 aliphatic carbocycles. The Bertz CT molecular complexity index is 1720. The Kier molecular flexibility index (Phi) is 5.68. The number of rotatable bonds is 5. The van der Waals surface area contributed by atoms with Gasteiger partial charge in [0.25, 0.3) is 10.0 Å². The molecule has 2 heterocycles. The lowest BCUT2D eigenvalue weighted by atomic mass is 10.1. The van der Waals surface area contributed by atoms with Crippen molar-refractivity contribution < 1.29 is 26.7 Å². The van der Waals surface area contributed by atoms with Gasteiger partial charge in [0.1, 0.15) is 11.6 Å². The molecule has 36 heavy (non-hydrogen) atoms. The van der Waals surface area contributed by atoms with Gasteiger partial charge in [-0.25, -0.2) is 26.0 Å². The van der Waals surface area contributed by atoms with Gasteiger partial charge in [-0.05, 0) is 48.5 Å². The minimum atomic E-state index is -4.23. The number of methoxy groups -OCH3 is 1. The third-order valence-electron chi connectivity index (χ3n) is 5.83. The Labute approximate surface area is 205 Å². The first kappa shape index (κ1) is 23.4. The zero-order valence-electron chi connectivity index (χ0n) is 19.1. The number of carbonyl (C=O) groups excluding carboxylic acids is 1. The van der Waals surface area contributed by atoms with Gasteiger partial charge < -0.3 is 4.74 Å². The van der Waals surface area contributed by atoms with Crippen molar-refractivity contribution in [1.82, 2.24) is 13.8 Å². The highest BCUT2D eigenvalue weighted by molar-refractivity contribution is 7.90. The lowest BCUT2D eigenvalue weighted by molar-refractivity contribution is 0.0593. The number of hydrogen-bond donors (Lipinski definition) is 0. The van der Waals surface area contributed by atoms with Crippen LogP contribution in [0.1, 0.15) is 10.5 Å². The fourth-order valence-electron chi connectivity index (χ4n) is 4.16. The first-order valence-electron chi connectivity index (χ1n) is 10.8. The summed E-state index contributed by atoms with van der Waals surface area (Å²) in [6.45, 7) is 0. The summed E-state index contributed by atoms with van der Waals surface area (Å²) < 4.78 is 64.2. The Morgan fingerprint density at radius 2 is 1.58 bits per heavy atom. The van der Waals surface area contributed by atoms with Crippen molar-refractivity contribution in [3.8, 4) is 22.5 Å². The number of fused-ring (bicyclic) bond motifs is 1. The number of benzene rings is 3. The number of nitrogens with zero attached hydrogens (tertiary/aromatic N) is 3. The van der Waals surface area contributed by atoms with Crippen molar-refractivity contribution in [2.24, 2.45) is 7.05 Å². The summed E-state index contributed by atoms with van der Waals surface area (Å²) >= 11 is 0. The first-order valence-corrected chi connectivity index (χ1v) is 12.2. The predicted octanol–water partition coefficient (Wildman–Crippen LogP) is 5.01. The average Bonchev–Trinajstić information content (AvgIpc) is 3.44. The molecule has 0 N–H and O–H groups in total. The molecule has 2 aromatic heterocycles. The lowest BCUT2D eigenvalue weighted by Crippen LogP contribution is -2.14. The summed E-state index contributed by atoms with van der Waals surface area (Å²) in [6.07, 6.45) is 0. The van der Waals surface area contributed by atoms with Crippen LogP contribution in [-0.2, 0) is 21.8 Å². The van der Waals surface area contributed by atoms with Crippen LogP contribution in [0.3, 0.4) is 0 Å². The van der Waals surface area contributed by atoms with E-state index >= 15 is 0 Å². The van der Waals surface area contributed by atoms with E-state index in [1.54, 1.807) is 49.5 Å². The molecule has 0 aliphatic rings. The summed E-state index contributed by atoms with van der Waals surface area (Å²) in [7, 11) is -1.32. The van der Waals surface area contributed by atoms with E-state index in [0.717, 1.165) is 16.1 Å². The van der Waals surface area contributed by atoms with Crippen LogP contribution in [0, 0.1) is 11.6 Å². The Morgan fingerprint density at radius 3 is 2.25 bits per heavy atom.